The lowest BCUT2D eigenvalue weighted by atomic mass is 9.82. The van der Waals surface area contributed by atoms with E-state index in [-0.39, 0.29) is 17.3 Å². The van der Waals surface area contributed by atoms with E-state index in [0.29, 0.717) is 0 Å². The van der Waals surface area contributed by atoms with Gasteiger partial charge in [-0.1, -0.05) is 47.6 Å². The van der Waals surface area contributed by atoms with E-state index in [1.54, 1.807) is 12.1 Å². The van der Waals surface area contributed by atoms with Gasteiger partial charge in [0.2, 0.25) is 0 Å². The first-order valence-corrected chi connectivity index (χ1v) is 9.66. The lowest BCUT2D eigenvalue weighted by Gasteiger charge is -2.33. The van der Waals surface area contributed by atoms with Crippen LogP contribution in [-0.2, 0) is 6.42 Å². The molecule has 0 saturated carbocycles. The number of aromatic nitrogens is 1. The van der Waals surface area contributed by atoms with Crippen molar-refractivity contribution in [2.45, 2.75) is 74.8 Å². The van der Waals surface area contributed by atoms with E-state index in [0.717, 1.165) is 29.0 Å². The van der Waals surface area contributed by atoms with E-state index in [1.807, 2.05) is 65.9 Å². The van der Waals surface area contributed by atoms with Gasteiger partial charge >= 0.3 is 0 Å². The van der Waals surface area contributed by atoms with Crippen LogP contribution in [0.3, 0.4) is 0 Å². The quantitative estimate of drug-likeness (QED) is 0.663. The van der Waals surface area contributed by atoms with Gasteiger partial charge < -0.3 is 9.84 Å². The van der Waals surface area contributed by atoms with Crippen LogP contribution in [0, 0.1) is 19.3 Å². The molecule has 1 aromatic heterocycles. The van der Waals surface area contributed by atoms with Crippen molar-refractivity contribution in [2.75, 3.05) is 0 Å². The monoisotopic (exact) mass is 359 g/mol. The zero-order valence-electron chi connectivity index (χ0n) is 18.1. The van der Waals surface area contributed by atoms with Gasteiger partial charge in [0.05, 0.1) is 0 Å². The Kier molecular flexibility index (Phi) is 10.7. The Bertz CT molecular complexity index is 613. The number of benzene rings is 1. The predicted molar refractivity (Wildman–Crippen MR) is 112 cm³/mol. The highest BCUT2D eigenvalue weighted by Gasteiger charge is 2.29. The topological polar surface area (TPSA) is 42.4 Å². The summed E-state index contributed by atoms with van der Waals surface area (Å²) in [6.45, 7) is 18.4. The summed E-state index contributed by atoms with van der Waals surface area (Å²) in [5.74, 6) is 1.14. The molecule has 0 fully saturated rings. The number of hydrogen-bond acceptors (Lipinski definition) is 3. The van der Waals surface area contributed by atoms with Crippen molar-refractivity contribution in [3.05, 3.63) is 53.3 Å². The SMILES string of the molecule is CC.CC.Cc1cc(O)cc(C)c1OC(C)C(C)(C)Cc1ccccn1. The van der Waals surface area contributed by atoms with Crippen molar-refractivity contribution in [1.29, 1.82) is 0 Å². The molecule has 3 nitrogen and oxygen atoms in total. The third kappa shape index (κ3) is 7.07. The van der Waals surface area contributed by atoms with Crippen molar-refractivity contribution in [3.63, 3.8) is 0 Å². The van der Waals surface area contributed by atoms with Crippen molar-refractivity contribution < 1.29 is 9.84 Å². The Morgan fingerprint density at radius 2 is 1.58 bits per heavy atom. The number of hydrogen-bond donors (Lipinski definition) is 1. The van der Waals surface area contributed by atoms with Gasteiger partial charge in [-0.15, -0.1) is 0 Å². The maximum absolute atomic E-state index is 9.64. The summed E-state index contributed by atoms with van der Waals surface area (Å²) in [5, 5.41) is 9.64. The second-order valence-electron chi connectivity index (χ2n) is 6.66. The van der Waals surface area contributed by atoms with Gasteiger partial charge in [-0.05, 0) is 62.6 Å². The first-order chi connectivity index (χ1) is 12.3. The number of phenolic OH excluding ortho intramolecular Hbond substituents is 1. The Labute approximate surface area is 160 Å². The first-order valence-electron chi connectivity index (χ1n) is 9.66. The van der Waals surface area contributed by atoms with Crippen LogP contribution in [-0.4, -0.2) is 16.2 Å². The second kappa shape index (κ2) is 11.6. The Morgan fingerprint density at radius 1 is 1.04 bits per heavy atom. The molecule has 146 valence electrons. The molecule has 0 amide bonds. The lowest BCUT2D eigenvalue weighted by Crippen LogP contribution is -2.34. The number of rotatable bonds is 5. The molecule has 2 aromatic rings. The van der Waals surface area contributed by atoms with Gasteiger partial charge in [0.25, 0.3) is 0 Å². The summed E-state index contributed by atoms with van der Waals surface area (Å²) in [7, 11) is 0. The van der Waals surface area contributed by atoms with Crippen LogP contribution in [0.1, 0.15) is 65.3 Å². The Hall–Kier alpha value is -2.03. The molecule has 0 aliphatic rings. The summed E-state index contributed by atoms with van der Waals surface area (Å²) in [6, 6.07) is 9.46. The van der Waals surface area contributed by atoms with E-state index in [9.17, 15) is 5.11 Å². The smallest absolute Gasteiger partial charge is 0.125 e. The van der Waals surface area contributed by atoms with Gasteiger partial charge in [-0.3, -0.25) is 4.98 Å². The Balaban J connectivity index is 0.00000146. The number of aryl methyl sites for hydroxylation is 2. The van der Waals surface area contributed by atoms with Crippen molar-refractivity contribution in [1.82, 2.24) is 4.98 Å². The molecule has 2 rings (SSSR count). The molecule has 1 heterocycles. The number of nitrogens with zero attached hydrogens (tertiary/aromatic N) is 1. The summed E-state index contributed by atoms with van der Waals surface area (Å²) in [6.07, 6.45) is 2.70. The molecule has 0 radical (unpaired) electrons. The fraction of sp³-hybridized carbons (Fsp3) is 0.522. The third-order valence-corrected chi connectivity index (χ3v) is 4.20. The van der Waals surface area contributed by atoms with E-state index < -0.39 is 0 Å². The normalized spacial score (nSPS) is 11.4. The van der Waals surface area contributed by atoms with E-state index >= 15 is 0 Å². The first kappa shape index (κ1) is 24.0. The predicted octanol–water partition coefficient (Wildman–Crippen LogP) is 6.49. The minimum Gasteiger partial charge on any atom is -0.508 e. The van der Waals surface area contributed by atoms with Crippen LogP contribution in [0.25, 0.3) is 0 Å². The third-order valence-electron chi connectivity index (χ3n) is 4.20. The van der Waals surface area contributed by atoms with Crippen molar-refractivity contribution in [3.8, 4) is 11.5 Å². The summed E-state index contributed by atoms with van der Waals surface area (Å²) >= 11 is 0. The standard InChI is InChI=1S/C19H25NO2.2C2H6/c1-13-10-17(21)11-14(2)18(13)22-15(3)19(4,5)12-16-8-6-7-9-20-16;2*1-2/h6-11,15,21H,12H2,1-5H3;2*1-2H3. The maximum atomic E-state index is 9.64. The largest absolute Gasteiger partial charge is 0.508 e. The lowest BCUT2D eigenvalue weighted by molar-refractivity contribution is 0.0868. The van der Waals surface area contributed by atoms with Crippen molar-refractivity contribution in [2.24, 2.45) is 5.41 Å². The van der Waals surface area contributed by atoms with E-state index in [1.165, 1.54) is 0 Å². The zero-order valence-corrected chi connectivity index (χ0v) is 18.1. The minimum absolute atomic E-state index is 0.0245. The van der Waals surface area contributed by atoms with Crippen molar-refractivity contribution >= 4 is 0 Å². The number of aromatic hydroxyl groups is 1. The maximum Gasteiger partial charge on any atom is 0.125 e. The van der Waals surface area contributed by atoms with Gasteiger partial charge in [-0.2, -0.15) is 0 Å². The van der Waals surface area contributed by atoms with Crippen LogP contribution >= 0.6 is 0 Å². The van der Waals surface area contributed by atoms with E-state index in [4.69, 9.17) is 4.74 Å². The summed E-state index contributed by atoms with van der Waals surface area (Å²) < 4.78 is 6.23. The second-order valence-corrected chi connectivity index (χ2v) is 6.66. The van der Waals surface area contributed by atoms with Crippen LogP contribution < -0.4 is 4.74 Å². The van der Waals surface area contributed by atoms with Gasteiger partial charge in [-0.25, -0.2) is 0 Å². The van der Waals surface area contributed by atoms with Gasteiger partial charge in [0.1, 0.15) is 17.6 Å². The number of pyridine rings is 1. The molecule has 0 bridgehead atoms. The summed E-state index contributed by atoms with van der Waals surface area (Å²) in [4.78, 5) is 4.41. The minimum atomic E-state index is -0.0505. The number of ether oxygens (including phenoxy) is 1. The fourth-order valence-corrected chi connectivity index (χ4v) is 2.56. The van der Waals surface area contributed by atoms with Crippen LogP contribution in [0.4, 0.5) is 0 Å². The number of phenols is 1. The molecule has 3 heteroatoms. The van der Waals surface area contributed by atoms with E-state index in [2.05, 4.69) is 25.8 Å². The van der Waals surface area contributed by atoms with Crippen LogP contribution in [0.5, 0.6) is 11.5 Å². The molecule has 0 aliphatic heterocycles. The molecule has 1 atom stereocenters. The average Bonchev–Trinajstić information content (AvgIpc) is 2.62. The highest BCUT2D eigenvalue weighted by atomic mass is 16.5. The molecule has 0 aliphatic carbocycles. The van der Waals surface area contributed by atoms with Crippen LogP contribution in [0.15, 0.2) is 36.5 Å². The summed E-state index contributed by atoms with van der Waals surface area (Å²) in [5.41, 5.74) is 2.93. The zero-order chi connectivity index (χ0) is 20.3. The average molecular weight is 360 g/mol. The molecular formula is C23H37NO2. The molecule has 26 heavy (non-hydrogen) atoms. The molecule has 0 saturated heterocycles. The van der Waals surface area contributed by atoms with Gasteiger partial charge in [0.15, 0.2) is 0 Å². The highest BCUT2D eigenvalue weighted by Crippen LogP contribution is 2.33. The fourth-order valence-electron chi connectivity index (χ4n) is 2.56. The molecule has 0 spiro atoms. The van der Waals surface area contributed by atoms with Gasteiger partial charge in [0, 0.05) is 17.3 Å². The Morgan fingerprint density at radius 3 is 2.04 bits per heavy atom. The molecular weight excluding hydrogens is 322 g/mol. The molecule has 1 unspecified atom stereocenters. The highest BCUT2D eigenvalue weighted by molar-refractivity contribution is 5.45. The molecule has 1 N–H and O–H groups in total. The molecule has 1 aromatic carbocycles. The van der Waals surface area contributed by atoms with Crippen LogP contribution in [0.2, 0.25) is 0 Å².